The third kappa shape index (κ3) is 5.39. The first-order valence-corrected chi connectivity index (χ1v) is 13.7. The van der Waals surface area contributed by atoms with Crippen molar-refractivity contribution < 1.29 is 17.9 Å². The van der Waals surface area contributed by atoms with E-state index in [4.69, 9.17) is 9.72 Å². The highest BCUT2D eigenvalue weighted by atomic mass is 32.2. The number of H-pyrrole nitrogens is 1. The molecule has 2 aromatic heterocycles. The average molecular weight is 525 g/mol. The number of sulfonamides is 1. The minimum absolute atomic E-state index is 0.0514. The van der Waals surface area contributed by atoms with E-state index in [1.165, 1.54) is 12.3 Å². The van der Waals surface area contributed by atoms with Crippen molar-refractivity contribution in [2.45, 2.75) is 57.6 Å². The van der Waals surface area contributed by atoms with Gasteiger partial charge in [0.2, 0.25) is 0 Å². The molecular formula is C27H32N4O5S. The molecule has 3 heterocycles. The molecule has 0 radical (unpaired) electrons. The summed E-state index contributed by atoms with van der Waals surface area (Å²) in [7, 11) is -4.40. The highest BCUT2D eigenvalue weighted by Crippen LogP contribution is 2.39. The van der Waals surface area contributed by atoms with E-state index in [9.17, 15) is 18.0 Å². The first-order chi connectivity index (χ1) is 17.4. The smallest absolute Gasteiger partial charge is 0.269 e. The third-order valence-electron chi connectivity index (χ3n) is 6.88. The maximum absolute atomic E-state index is 13.3. The van der Waals surface area contributed by atoms with E-state index < -0.39 is 26.4 Å². The van der Waals surface area contributed by atoms with Crippen LogP contribution >= 0.6 is 0 Å². The van der Waals surface area contributed by atoms with E-state index >= 15 is 0 Å². The van der Waals surface area contributed by atoms with E-state index in [1.807, 2.05) is 47.7 Å². The molecule has 37 heavy (non-hydrogen) atoms. The molecule has 4 rings (SSSR count). The largest absolute Gasteiger partial charge is 0.491 e. The molecule has 0 spiro atoms. The first-order valence-electron chi connectivity index (χ1n) is 12.2. The van der Waals surface area contributed by atoms with Crippen molar-refractivity contribution in [1.82, 2.24) is 14.7 Å². The fraction of sp³-hybridized carbons (Fsp3) is 0.370. The number of carbonyl (C=O) groups is 1. The normalized spacial score (nSPS) is 17.1. The molecule has 1 amide bonds. The quantitative estimate of drug-likeness (QED) is 0.480. The van der Waals surface area contributed by atoms with Gasteiger partial charge in [0.1, 0.15) is 11.6 Å². The molecule has 10 heteroatoms. The zero-order valence-corrected chi connectivity index (χ0v) is 22.4. The lowest BCUT2D eigenvalue weighted by Crippen LogP contribution is -2.44. The summed E-state index contributed by atoms with van der Waals surface area (Å²) in [6.45, 7) is 10.9. The summed E-state index contributed by atoms with van der Waals surface area (Å²) in [5.74, 6) is 0.607. The number of nitrogens with zero attached hydrogens (tertiary/aromatic N) is 2. The SMILES string of the molecule is CC(C)Oc1ccc(-c2ccc(C(=O)NS(=O)(=O)c3ccc[nH]c3=O)c(N3CCC(C)C3(C)C)n2)cc1. The van der Waals surface area contributed by atoms with Crippen LogP contribution in [0.3, 0.4) is 0 Å². The number of anilines is 1. The summed E-state index contributed by atoms with van der Waals surface area (Å²) in [6.07, 6.45) is 2.27. The molecule has 0 bridgehead atoms. The zero-order valence-electron chi connectivity index (χ0n) is 21.6. The summed E-state index contributed by atoms with van der Waals surface area (Å²) in [4.78, 5) is 34.1. The van der Waals surface area contributed by atoms with Gasteiger partial charge in [0.25, 0.3) is 21.5 Å². The van der Waals surface area contributed by atoms with E-state index in [-0.39, 0.29) is 17.2 Å². The Labute approximate surface area is 217 Å². The van der Waals surface area contributed by atoms with Crippen molar-refractivity contribution in [2.75, 3.05) is 11.4 Å². The number of benzene rings is 1. The number of nitrogens with one attached hydrogen (secondary N) is 2. The molecule has 1 unspecified atom stereocenters. The molecule has 0 saturated carbocycles. The summed E-state index contributed by atoms with van der Waals surface area (Å²) in [6, 6.07) is 13.3. The van der Waals surface area contributed by atoms with Crippen LogP contribution in [0.4, 0.5) is 5.82 Å². The lowest BCUT2D eigenvalue weighted by molar-refractivity contribution is 0.0981. The van der Waals surface area contributed by atoms with Gasteiger partial charge in [0.15, 0.2) is 4.90 Å². The Bertz CT molecular complexity index is 1460. The molecule has 0 aliphatic carbocycles. The fourth-order valence-electron chi connectivity index (χ4n) is 4.43. The van der Waals surface area contributed by atoms with Gasteiger partial charge in [0.05, 0.1) is 17.4 Å². The van der Waals surface area contributed by atoms with Crippen LogP contribution < -0.4 is 19.9 Å². The second-order valence-electron chi connectivity index (χ2n) is 10.1. The van der Waals surface area contributed by atoms with Crippen molar-refractivity contribution >= 4 is 21.7 Å². The van der Waals surface area contributed by atoms with Gasteiger partial charge in [-0.2, -0.15) is 0 Å². The first kappa shape index (κ1) is 26.4. The number of aromatic nitrogens is 2. The predicted molar refractivity (Wildman–Crippen MR) is 142 cm³/mol. The number of amides is 1. The van der Waals surface area contributed by atoms with E-state index in [0.717, 1.165) is 23.8 Å². The van der Waals surface area contributed by atoms with Gasteiger partial charge < -0.3 is 14.6 Å². The van der Waals surface area contributed by atoms with E-state index in [1.54, 1.807) is 12.1 Å². The molecule has 1 aliphatic rings. The van der Waals surface area contributed by atoms with Gasteiger partial charge in [-0.3, -0.25) is 9.59 Å². The Morgan fingerprint density at radius 3 is 2.46 bits per heavy atom. The number of hydrogen-bond donors (Lipinski definition) is 2. The molecular weight excluding hydrogens is 492 g/mol. The van der Waals surface area contributed by atoms with Gasteiger partial charge in [-0.1, -0.05) is 6.92 Å². The number of hydrogen-bond acceptors (Lipinski definition) is 7. The Morgan fingerprint density at radius 2 is 1.86 bits per heavy atom. The predicted octanol–water partition coefficient (Wildman–Crippen LogP) is 3.97. The molecule has 1 saturated heterocycles. The van der Waals surface area contributed by atoms with Gasteiger partial charge >= 0.3 is 0 Å². The molecule has 1 aliphatic heterocycles. The minimum atomic E-state index is -4.40. The Morgan fingerprint density at radius 1 is 1.16 bits per heavy atom. The van der Waals surface area contributed by atoms with Crippen LogP contribution in [0.5, 0.6) is 5.75 Å². The number of ether oxygens (including phenoxy) is 1. The average Bonchev–Trinajstić information content (AvgIpc) is 3.10. The van der Waals surface area contributed by atoms with Gasteiger partial charge in [-0.05, 0) is 88.6 Å². The highest BCUT2D eigenvalue weighted by Gasteiger charge is 2.41. The van der Waals surface area contributed by atoms with Gasteiger partial charge in [-0.15, -0.1) is 0 Å². The molecule has 3 aromatic rings. The molecule has 2 N–H and O–H groups in total. The number of aromatic amines is 1. The van der Waals surface area contributed by atoms with E-state index in [0.29, 0.717) is 24.0 Å². The van der Waals surface area contributed by atoms with Gasteiger partial charge in [0, 0.05) is 23.8 Å². The van der Waals surface area contributed by atoms with Crippen LogP contribution in [-0.4, -0.2) is 42.5 Å². The monoisotopic (exact) mass is 524 g/mol. The Kier molecular flexibility index (Phi) is 7.14. The zero-order chi connectivity index (χ0) is 27.0. The molecule has 1 fully saturated rings. The maximum atomic E-state index is 13.3. The summed E-state index contributed by atoms with van der Waals surface area (Å²) < 4.78 is 33.5. The van der Waals surface area contributed by atoms with Crippen LogP contribution in [0.1, 0.15) is 51.4 Å². The fourth-order valence-corrected chi connectivity index (χ4v) is 5.45. The van der Waals surface area contributed by atoms with Crippen LogP contribution in [0.15, 0.2) is 64.4 Å². The maximum Gasteiger partial charge on any atom is 0.269 e. The van der Waals surface area contributed by atoms with Crippen LogP contribution in [0.2, 0.25) is 0 Å². The minimum Gasteiger partial charge on any atom is -0.491 e. The Balaban J connectivity index is 1.75. The second kappa shape index (κ2) is 10.0. The number of rotatable bonds is 7. The van der Waals surface area contributed by atoms with E-state index in [2.05, 4.69) is 25.8 Å². The topological polar surface area (TPSA) is 121 Å². The summed E-state index contributed by atoms with van der Waals surface area (Å²) in [5.41, 5.74) is 0.459. The lowest BCUT2D eigenvalue weighted by atomic mass is 9.90. The summed E-state index contributed by atoms with van der Waals surface area (Å²) in [5, 5.41) is 0. The highest BCUT2D eigenvalue weighted by molar-refractivity contribution is 7.90. The molecule has 196 valence electrons. The second-order valence-corrected chi connectivity index (χ2v) is 11.7. The van der Waals surface area contributed by atoms with Crippen molar-refractivity contribution in [3.63, 3.8) is 0 Å². The van der Waals surface area contributed by atoms with Crippen LogP contribution in [0, 0.1) is 5.92 Å². The van der Waals surface area contributed by atoms with Crippen molar-refractivity contribution in [3.8, 4) is 17.0 Å². The Hall–Kier alpha value is -3.66. The third-order valence-corrected chi connectivity index (χ3v) is 8.24. The number of carbonyl (C=O) groups excluding carboxylic acids is 1. The molecule has 9 nitrogen and oxygen atoms in total. The number of pyridine rings is 2. The van der Waals surface area contributed by atoms with Crippen molar-refractivity contribution in [2.24, 2.45) is 5.92 Å². The summed E-state index contributed by atoms with van der Waals surface area (Å²) >= 11 is 0. The van der Waals surface area contributed by atoms with Crippen molar-refractivity contribution in [3.05, 3.63) is 70.6 Å². The van der Waals surface area contributed by atoms with Gasteiger partial charge in [-0.25, -0.2) is 18.1 Å². The standard InChI is InChI=1S/C27H32N4O5S/c1-17(2)36-20-10-8-19(9-11-20)22-13-12-21(24(29-22)31-16-14-18(3)27(31,4)5)25(32)30-37(34,35)23-7-6-15-28-26(23)33/h6-13,15,17-18H,14,16H2,1-5H3,(H,28,33)(H,30,32). The molecule has 1 atom stereocenters. The molecule has 1 aromatic carbocycles. The van der Waals surface area contributed by atoms with Crippen LogP contribution in [-0.2, 0) is 10.0 Å². The lowest BCUT2D eigenvalue weighted by Gasteiger charge is -2.36. The van der Waals surface area contributed by atoms with Crippen molar-refractivity contribution in [1.29, 1.82) is 0 Å². The van der Waals surface area contributed by atoms with Crippen LogP contribution in [0.25, 0.3) is 11.3 Å².